The van der Waals surface area contributed by atoms with Gasteiger partial charge in [-0.25, -0.2) is 25.3 Å². The maximum Gasteiger partial charge on any atom is 1.00 e. The predicted octanol–water partition coefficient (Wildman–Crippen LogP) is -8.32. The number of benzene rings is 5. The number of nitrogens with one attached hydrogen (secondary N) is 3. The Morgan fingerprint density at radius 1 is 0.554 bits per heavy atom. The van der Waals surface area contributed by atoms with Crippen molar-refractivity contribution in [3.05, 3.63) is 90.5 Å². The van der Waals surface area contributed by atoms with Crippen molar-refractivity contribution in [1.82, 2.24) is 15.0 Å². The molecule has 5 aromatic carbocycles. The Morgan fingerprint density at radius 2 is 0.982 bits per heavy atom. The molecule has 0 aliphatic rings. The van der Waals surface area contributed by atoms with E-state index in [4.69, 9.17) is 0 Å². The van der Waals surface area contributed by atoms with Gasteiger partial charge in [0.15, 0.2) is 0 Å². The molecule has 26 heteroatoms. The maximum atomic E-state index is 12.0. The first-order valence-electron chi connectivity index (χ1n) is 14.3. The minimum absolute atomic E-state index is 0. The molecule has 0 spiro atoms. The molecule has 0 radical (unpaired) electrons. The number of aryl methyl sites for hydroxylation is 1. The third-order valence-electron chi connectivity index (χ3n) is 7.22. The molecule has 3 N–H and O–H groups in total. The van der Waals surface area contributed by atoms with Crippen molar-refractivity contribution in [2.75, 3.05) is 16.0 Å². The van der Waals surface area contributed by atoms with Crippen molar-refractivity contribution >= 4 is 98.8 Å². The summed E-state index contributed by atoms with van der Waals surface area (Å²) >= 11 is 0.388. The summed E-state index contributed by atoms with van der Waals surface area (Å²) in [5.41, 5.74) is 2.09. The number of hydrogen-bond acceptors (Lipinski definition) is 19. The summed E-state index contributed by atoms with van der Waals surface area (Å²) in [4.78, 5) is 10.8. The molecule has 18 nitrogen and oxygen atoms in total. The molecular weight excluding hydrogens is 857 g/mol. The van der Waals surface area contributed by atoms with E-state index in [0.29, 0.717) is 29.5 Å². The molecule has 0 unspecified atom stereocenters. The summed E-state index contributed by atoms with van der Waals surface area (Å²) in [7, 11) is -15.3. The summed E-state index contributed by atoms with van der Waals surface area (Å²) < 4.78 is 111. The Bertz CT molecular complexity index is 2720. The van der Waals surface area contributed by atoms with E-state index in [0.717, 1.165) is 17.7 Å². The van der Waals surface area contributed by atoms with Crippen LogP contribution in [0, 0.1) is 6.92 Å². The Kier molecular flexibility index (Phi) is 19.2. The Balaban J connectivity index is 0.00000271. The molecule has 6 aromatic rings. The molecule has 0 saturated carbocycles. The molecule has 0 aliphatic carbocycles. The van der Waals surface area contributed by atoms with Gasteiger partial charge in [0, 0.05) is 22.0 Å². The first-order valence-corrected chi connectivity index (χ1v) is 19.2. The van der Waals surface area contributed by atoms with Crippen molar-refractivity contribution in [2.45, 2.75) is 26.5 Å². The van der Waals surface area contributed by atoms with Crippen molar-refractivity contribution in [2.24, 2.45) is 0 Å². The van der Waals surface area contributed by atoms with Gasteiger partial charge in [-0.05, 0) is 89.1 Å². The number of anilines is 6. The van der Waals surface area contributed by atoms with Crippen LogP contribution in [0.1, 0.15) is 5.56 Å². The first kappa shape index (κ1) is 51.1. The van der Waals surface area contributed by atoms with E-state index in [-0.39, 0.29) is 168 Å². The second-order valence-electron chi connectivity index (χ2n) is 10.8. The molecule has 0 fully saturated rings. The molecule has 6 rings (SSSR count). The van der Waals surface area contributed by atoms with E-state index in [2.05, 4.69) is 40.3 Å². The van der Waals surface area contributed by atoms with Crippen LogP contribution in [0.4, 0.5) is 34.9 Å². The topological polar surface area (TPSA) is 288 Å². The summed E-state index contributed by atoms with van der Waals surface area (Å²) in [5.74, 6) is -0.125. The third kappa shape index (κ3) is 13.0. The number of nitrogens with zero attached hydrogens (tertiary/aromatic N) is 3. The molecular formula is C30H20N6Na4O12S4. The van der Waals surface area contributed by atoms with E-state index in [1.54, 1.807) is 12.1 Å². The van der Waals surface area contributed by atoms with Crippen LogP contribution in [0.25, 0.3) is 21.5 Å². The Hall–Kier alpha value is -1.01. The molecule has 0 atom stereocenters. The molecule has 1 heterocycles. The number of rotatable bonds is 12. The minimum Gasteiger partial charge on any atom is -0.744 e. The Morgan fingerprint density at radius 3 is 1.43 bits per heavy atom. The van der Waals surface area contributed by atoms with Crippen LogP contribution in [0.5, 0.6) is 0 Å². The van der Waals surface area contributed by atoms with Crippen LogP contribution < -0.4 is 139 Å². The van der Waals surface area contributed by atoms with Crippen LogP contribution in [0.3, 0.4) is 0 Å². The SMILES string of the molecule is Cc1ccc(Nc2nc(Nc3ccc4c(S(=O)(=O)[O-])cc(SOO[O-])cc4c3)nc(Nc3ccc4c(S(=O)(=O)[O-])cc(S(=O)(=O)[O-])cc4c3)n2)cc1.[Na+].[Na+].[Na+].[Na+]. The Labute approximate surface area is 412 Å². The van der Waals surface area contributed by atoms with Crippen LogP contribution in [-0.2, 0) is 39.7 Å². The van der Waals surface area contributed by atoms with E-state index in [1.165, 1.54) is 42.5 Å². The fourth-order valence-corrected chi connectivity index (χ4v) is 7.58. The van der Waals surface area contributed by atoms with E-state index in [9.17, 15) is 44.2 Å². The van der Waals surface area contributed by atoms with Crippen LogP contribution in [-0.4, -0.2) is 53.9 Å². The van der Waals surface area contributed by atoms with Gasteiger partial charge in [-0.2, -0.15) is 19.3 Å². The van der Waals surface area contributed by atoms with Gasteiger partial charge < -0.3 is 34.9 Å². The van der Waals surface area contributed by atoms with E-state index in [1.807, 2.05) is 19.1 Å². The van der Waals surface area contributed by atoms with Crippen molar-refractivity contribution in [3.8, 4) is 0 Å². The van der Waals surface area contributed by atoms with Gasteiger partial charge in [0.2, 0.25) is 17.8 Å². The van der Waals surface area contributed by atoms with Crippen LogP contribution in [0.15, 0.2) is 105 Å². The number of fused-ring (bicyclic) bond motifs is 2. The monoisotopic (exact) mass is 876 g/mol. The fraction of sp³-hybridized carbons (Fsp3) is 0.0333. The quantitative estimate of drug-likeness (QED) is 0.0338. The van der Waals surface area contributed by atoms with Gasteiger partial charge in [0.05, 0.1) is 26.7 Å². The molecule has 270 valence electrons. The second-order valence-corrected chi connectivity index (χ2v) is 15.7. The standard InChI is InChI=1S/C30H24N6O12S4.4Na/c1-16-2-4-19(5-3-16)31-28-34-29(32-20-6-8-24-17(10-20)12-22(49-48-47-37)14-26(24)51(41,42)43)36-30(35-28)33-21-7-9-25-18(11-21)13-23(50(38,39)40)15-27(25)52(44,45)46;;;;/h2-15,37H,1H3,(H,38,39,40)(H,41,42,43)(H,44,45,46)(H3,31,32,33,34,35,36);;;;/q;4*+1/p-4. The largest absolute Gasteiger partial charge is 1.00 e. The van der Waals surface area contributed by atoms with Crippen LogP contribution >= 0.6 is 12.0 Å². The summed E-state index contributed by atoms with van der Waals surface area (Å²) in [5, 5.41) is 22.7. The zero-order valence-electron chi connectivity index (χ0n) is 30.0. The summed E-state index contributed by atoms with van der Waals surface area (Å²) in [6, 6.07) is 19.3. The van der Waals surface area contributed by atoms with Gasteiger partial charge in [-0.1, -0.05) is 29.8 Å². The minimum atomic E-state index is -5.18. The molecule has 0 bridgehead atoms. The van der Waals surface area contributed by atoms with Gasteiger partial charge in [-0.3, -0.25) is 5.04 Å². The van der Waals surface area contributed by atoms with Crippen molar-refractivity contribution in [3.63, 3.8) is 0 Å². The number of aromatic nitrogens is 3. The third-order valence-corrected chi connectivity index (χ3v) is 10.3. The fourth-order valence-electron chi connectivity index (χ4n) is 5.00. The van der Waals surface area contributed by atoms with Gasteiger partial charge in [0.1, 0.15) is 30.4 Å². The maximum absolute atomic E-state index is 12.0. The van der Waals surface area contributed by atoms with Crippen molar-refractivity contribution in [1.29, 1.82) is 0 Å². The van der Waals surface area contributed by atoms with Gasteiger partial charge in [-0.15, -0.1) is 0 Å². The van der Waals surface area contributed by atoms with E-state index >= 15 is 0 Å². The van der Waals surface area contributed by atoms with E-state index < -0.39 is 45.0 Å². The number of hydrogen-bond donors (Lipinski definition) is 3. The molecule has 56 heavy (non-hydrogen) atoms. The smallest absolute Gasteiger partial charge is 0.744 e. The molecule has 0 amide bonds. The first-order chi connectivity index (χ1) is 24.5. The second kappa shape index (κ2) is 21.0. The molecule has 0 aliphatic heterocycles. The zero-order chi connectivity index (χ0) is 37.4. The average Bonchev–Trinajstić information content (AvgIpc) is 3.06. The zero-order valence-corrected chi connectivity index (χ0v) is 41.2. The predicted molar refractivity (Wildman–Crippen MR) is 181 cm³/mol. The summed E-state index contributed by atoms with van der Waals surface area (Å²) in [6.07, 6.45) is 0. The molecule has 0 saturated heterocycles. The van der Waals surface area contributed by atoms with Crippen molar-refractivity contribution < 1.29 is 172 Å². The van der Waals surface area contributed by atoms with Gasteiger partial charge in [0.25, 0.3) is 0 Å². The average molecular weight is 877 g/mol. The normalized spacial score (nSPS) is 11.4. The van der Waals surface area contributed by atoms with Gasteiger partial charge >= 0.3 is 118 Å². The summed E-state index contributed by atoms with van der Waals surface area (Å²) in [6.45, 7) is 1.90. The van der Waals surface area contributed by atoms with Crippen LogP contribution in [0.2, 0.25) is 0 Å². The molecule has 1 aromatic heterocycles.